The molecule has 1 aromatic rings. The van der Waals surface area contributed by atoms with Crippen molar-refractivity contribution in [3.63, 3.8) is 0 Å². The standard InChI is InChI=1S/C16H22N6O2/c1-12-19-16(20-24-12)11-22(13(2)23)15-5-7-21(10-15)9-14(8-18)4-3-6-17/h14-15H,3-5,7,9-11H2,1-2H3/t14-,15+/m0/s1. The van der Waals surface area contributed by atoms with Gasteiger partial charge in [0.2, 0.25) is 11.8 Å². The van der Waals surface area contributed by atoms with E-state index in [1.54, 1.807) is 18.7 Å². The molecule has 128 valence electrons. The Morgan fingerprint density at radius 3 is 2.92 bits per heavy atom. The van der Waals surface area contributed by atoms with E-state index in [-0.39, 0.29) is 17.9 Å². The van der Waals surface area contributed by atoms with E-state index >= 15 is 0 Å². The monoisotopic (exact) mass is 330 g/mol. The van der Waals surface area contributed by atoms with Crippen LogP contribution in [-0.2, 0) is 11.3 Å². The third kappa shape index (κ3) is 4.77. The fourth-order valence-corrected chi connectivity index (χ4v) is 3.03. The lowest BCUT2D eigenvalue weighted by Gasteiger charge is -2.27. The van der Waals surface area contributed by atoms with Crippen molar-refractivity contribution in [2.45, 2.75) is 45.7 Å². The highest BCUT2D eigenvalue weighted by molar-refractivity contribution is 5.73. The molecule has 2 heterocycles. The van der Waals surface area contributed by atoms with Gasteiger partial charge in [0.1, 0.15) is 0 Å². The molecule has 1 aliphatic heterocycles. The molecule has 0 radical (unpaired) electrons. The van der Waals surface area contributed by atoms with Gasteiger partial charge in [0.05, 0.1) is 24.6 Å². The first-order valence-electron chi connectivity index (χ1n) is 8.08. The van der Waals surface area contributed by atoms with E-state index in [4.69, 9.17) is 9.78 Å². The maximum Gasteiger partial charge on any atom is 0.223 e. The Morgan fingerprint density at radius 2 is 2.33 bits per heavy atom. The van der Waals surface area contributed by atoms with Crippen LogP contribution in [0.15, 0.2) is 4.52 Å². The van der Waals surface area contributed by atoms with Crippen molar-refractivity contribution >= 4 is 5.91 Å². The lowest BCUT2D eigenvalue weighted by atomic mass is 10.1. The van der Waals surface area contributed by atoms with Crippen molar-refractivity contribution in [2.24, 2.45) is 5.92 Å². The lowest BCUT2D eigenvalue weighted by molar-refractivity contribution is -0.131. The number of nitrogens with zero attached hydrogens (tertiary/aromatic N) is 6. The second-order valence-electron chi connectivity index (χ2n) is 6.10. The molecule has 0 N–H and O–H groups in total. The first-order valence-corrected chi connectivity index (χ1v) is 8.08. The molecule has 2 rings (SSSR count). The Bertz CT molecular complexity index is 644. The van der Waals surface area contributed by atoms with Crippen molar-refractivity contribution in [1.29, 1.82) is 10.5 Å². The summed E-state index contributed by atoms with van der Waals surface area (Å²) >= 11 is 0. The third-order valence-corrected chi connectivity index (χ3v) is 4.24. The minimum atomic E-state index is -0.144. The average molecular weight is 330 g/mol. The Hall–Kier alpha value is -2.45. The number of carbonyl (C=O) groups excluding carboxylic acids is 1. The van der Waals surface area contributed by atoms with Gasteiger partial charge in [0, 0.05) is 45.9 Å². The Balaban J connectivity index is 1.92. The molecule has 1 aliphatic rings. The van der Waals surface area contributed by atoms with Crippen molar-refractivity contribution in [1.82, 2.24) is 19.9 Å². The number of likely N-dealkylation sites (tertiary alicyclic amines) is 1. The topological polar surface area (TPSA) is 110 Å². The smallest absolute Gasteiger partial charge is 0.223 e. The van der Waals surface area contributed by atoms with Gasteiger partial charge in [0.15, 0.2) is 5.82 Å². The molecule has 8 nitrogen and oxygen atoms in total. The number of rotatable bonds is 7. The Kier molecular flexibility index (Phi) is 6.28. The number of nitriles is 2. The van der Waals surface area contributed by atoms with Gasteiger partial charge in [-0.15, -0.1) is 0 Å². The minimum Gasteiger partial charge on any atom is -0.340 e. The molecule has 24 heavy (non-hydrogen) atoms. The number of aryl methyl sites for hydroxylation is 1. The van der Waals surface area contributed by atoms with Crippen molar-refractivity contribution < 1.29 is 9.32 Å². The average Bonchev–Trinajstić information content (AvgIpc) is 3.17. The molecule has 1 aromatic heterocycles. The van der Waals surface area contributed by atoms with Gasteiger partial charge >= 0.3 is 0 Å². The van der Waals surface area contributed by atoms with E-state index in [1.165, 1.54) is 0 Å². The van der Waals surface area contributed by atoms with E-state index in [0.29, 0.717) is 37.6 Å². The van der Waals surface area contributed by atoms with Crippen LogP contribution in [-0.4, -0.2) is 51.5 Å². The molecule has 1 saturated heterocycles. The van der Waals surface area contributed by atoms with Gasteiger partial charge in [-0.25, -0.2) is 0 Å². The first-order chi connectivity index (χ1) is 11.5. The van der Waals surface area contributed by atoms with Crippen LogP contribution in [0.3, 0.4) is 0 Å². The fourth-order valence-electron chi connectivity index (χ4n) is 3.03. The molecule has 0 bridgehead atoms. The summed E-state index contributed by atoms with van der Waals surface area (Å²) in [4.78, 5) is 20.1. The van der Waals surface area contributed by atoms with Crippen LogP contribution >= 0.6 is 0 Å². The summed E-state index contributed by atoms with van der Waals surface area (Å²) in [5.41, 5.74) is 0. The Morgan fingerprint density at radius 1 is 1.54 bits per heavy atom. The summed E-state index contributed by atoms with van der Waals surface area (Å²) < 4.78 is 4.96. The largest absolute Gasteiger partial charge is 0.340 e. The van der Waals surface area contributed by atoms with Gasteiger partial charge < -0.3 is 9.42 Å². The summed E-state index contributed by atoms with van der Waals surface area (Å²) in [6.45, 7) is 5.80. The van der Waals surface area contributed by atoms with Gasteiger partial charge in [-0.3, -0.25) is 9.69 Å². The van der Waals surface area contributed by atoms with Gasteiger partial charge in [0.25, 0.3) is 0 Å². The molecular formula is C16H22N6O2. The molecule has 0 saturated carbocycles. The van der Waals surface area contributed by atoms with Crippen molar-refractivity contribution in [3.05, 3.63) is 11.7 Å². The van der Waals surface area contributed by atoms with Gasteiger partial charge in [-0.05, 0) is 12.8 Å². The highest BCUT2D eigenvalue weighted by Gasteiger charge is 2.31. The number of carbonyl (C=O) groups is 1. The first kappa shape index (κ1) is 17.9. The zero-order valence-electron chi connectivity index (χ0n) is 14.1. The molecule has 0 spiro atoms. The van der Waals surface area contributed by atoms with Crippen molar-refractivity contribution in [2.75, 3.05) is 19.6 Å². The van der Waals surface area contributed by atoms with Crippen LogP contribution in [0.4, 0.5) is 0 Å². The van der Waals surface area contributed by atoms with Gasteiger partial charge in [-0.1, -0.05) is 5.16 Å². The summed E-state index contributed by atoms with van der Waals surface area (Å²) in [5.74, 6) is 0.820. The molecule has 0 unspecified atom stereocenters. The van der Waals surface area contributed by atoms with E-state index in [2.05, 4.69) is 27.2 Å². The predicted molar refractivity (Wildman–Crippen MR) is 84.1 cm³/mol. The molecule has 8 heteroatoms. The SMILES string of the molecule is CC(=O)N(Cc1noc(C)n1)[C@@H]1CCN(C[C@H](C#N)CCC#N)C1. The molecular weight excluding hydrogens is 308 g/mol. The summed E-state index contributed by atoms with van der Waals surface area (Å²) in [6, 6.07) is 4.43. The number of aromatic nitrogens is 2. The van der Waals surface area contributed by atoms with E-state index in [9.17, 15) is 10.1 Å². The van der Waals surface area contributed by atoms with E-state index < -0.39 is 0 Å². The number of hydrogen-bond acceptors (Lipinski definition) is 7. The van der Waals surface area contributed by atoms with Crippen LogP contribution in [0.5, 0.6) is 0 Å². The van der Waals surface area contributed by atoms with E-state index in [1.807, 2.05) is 0 Å². The molecule has 1 fully saturated rings. The molecule has 1 amide bonds. The second-order valence-corrected chi connectivity index (χ2v) is 6.10. The molecule has 0 aliphatic carbocycles. The maximum absolute atomic E-state index is 12.0. The zero-order valence-corrected chi connectivity index (χ0v) is 14.1. The quantitative estimate of drug-likeness (QED) is 0.739. The maximum atomic E-state index is 12.0. The summed E-state index contributed by atoms with van der Waals surface area (Å²) in [5, 5.41) is 21.7. The molecule has 0 aromatic carbocycles. The third-order valence-electron chi connectivity index (χ3n) is 4.24. The molecule has 2 atom stereocenters. The number of hydrogen-bond donors (Lipinski definition) is 0. The van der Waals surface area contributed by atoms with Crippen molar-refractivity contribution in [3.8, 4) is 12.1 Å². The van der Waals surface area contributed by atoms with Crippen LogP contribution in [0, 0.1) is 35.5 Å². The van der Waals surface area contributed by atoms with Crippen LogP contribution in [0.25, 0.3) is 0 Å². The summed E-state index contributed by atoms with van der Waals surface area (Å²) in [7, 11) is 0. The van der Waals surface area contributed by atoms with E-state index in [0.717, 1.165) is 19.5 Å². The second kappa shape index (κ2) is 8.42. The highest BCUT2D eigenvalue weighted by Crippen LogP contribution is 2.20. The fraction of sp³-hybridized carbons (Fsp3) is 0.688. The lowest BCUT2D eigenvalue weighted by Crippen LogP contribution is -2.41. The van der Waals surface area contributed by atoms with Crippen LogP contribution in [0.1, 0.15) is 37.9 Å². The number of amides is 1. The summed E-state index contributed by atoms with van der Waals surface area (Å²) in [6.07, 6.45) is 1.84. The minimum absolute atomic E-state index is 0.0226. The van der Waals surface area contributed by atoms with Gasteiger partial charge in [-0.2, -0.15) is 15.5 Å². The normalized spacial score (nSPS) is 18.8. The highest BCUT2D eigenvalue weighted by atomic mass is 16.5. The Labute approximate surface area is 141 Å². The van der Waals surface area contributed by atoms with Crippen LogP contribution < -0.4 is 0 Å². The zero-order chi connectivity index (χ0) is 17.5. The van der Waals surface area contributed by atoms with Crippen LogP contribution in [0.2, 0.25) is 0 Å². The predicted octanol–water partition coefficient (Wildman–Crippen LogP) is 1.24.